The van der Waals surface area contributed by atoms with E-state index in [9.17, 15) is 9.18 Å². The van der Waals surface area contributed by atoms with E-state index in [-0.39, 0.29) is 17.3 Å². The van der Waals surface area contributed by atoms with Crippen LogP contribution in [0.1, 0.15) is 37.6 Å². The number of hydrogen-bond donors (Lipinski definition) is 0. The van der Waals surface area contributed by atoms with Gasteiger partial charge in [-0.25, -0.2) is 4.79 Å². The zero-order valence-electron chi connectivity index (χ0n) is 11.8. The first-order valence-corrected chi connectivity index (χ1v) is 7.31. The van der Waals surface area contributed by atoms with Gasteiger partial charge in [0.2, 0.25) is 0 Å². The van der Waals surface area contributed by atoms with Crippen LogP contribution in [0.3, 0.4) is 0 Å². The van der Waals surface area contributed by atoms with Crippen LogP contribution in [0.25, 0.3) is 0 Å². The molecular weight excluding hydrogens is 265 g/mol. The summed E-state index contributed by atoms with van der Waals surface area (Å²) in [6.07, 6.45) is 2.10. The SMILES string of the molecule is CN(C(=O)OC(C)(C)C)C1CCc2cc(F)sc2C1. The summed E-state index contributed by atoms with van der Waals surface area (Å²) in [6, 6.07) is 1.71. The highest BCUT2D eigenvalue weighted by Gasteiger charge is 2.29. The van der Waals surface area contributed by atoms with E-state index in [1.807, 2.05) is 20.8 Å². The van der Waals surface area contributed by atoms with E-state index in [4.69, 9.17) is 4.74 Å². The first kappa shape index (κ1) is 14.3. The van der Waals surface area contributed by atoms with E-state index < -0.39 is 5.60 Å². The predicted octanol–water partition coefficient (Wildman–Crippen LogP) is 3.61. The van der Waals surface area contributed by atoms with Gasteiger partial charge in [-0.3, -0.25) is 0 Å². The number of halogens is 1. The Bertz CT molecular complexity index is 478. The summed E-state index contributed by atoms with van der Waals surface area (Å²) in [5.74, 6) is 0. The molecule has 106 valence electrons. The Hall–Kier alpha value is -1.10. The number of carbonyl (C=O) groups excluding carboxylic acids is 1. The zero-order chi connectivity index (χ0) is 14.2. The highest BCUT2D eigenvalue weighted by molar-refractivity contribution is 7.10. The molecule has 1 aromatic rings. The first-order valence-electron chi connectivity index (χ1n) is 6.49. The monoisotopic (exact) mass is 285 g/mol. The summed E-state index contributed by atoms with van der Waals surface area (Å²) < 4.78 is 18.6. The minimum atomic E-state index is -0.486. The maximum atomic E-state index is 13.2. The Morgan fingerprint density at radius 3 is 2.84 bits per heavy atom. The van der Waals surface area contributed by atoms with Gasteiger partial charge in [-0.2, -0.15) is 4.39 Å². The fourth-order valence-electron chi connectivity index (χ4n) is 2.27. The van der Waals surface area contributed by atoms with E-state index in [1.54, 1.807) is 18.0 Å². The van der Waals surface area contributed by atoms with Crippen LogP contribution in [0.5, 0.6) is 0 Å². The standard InChI is InChI=1S/C14H20FNO2S/c1-14(2,3)18-13(17)16(4)10-6-5-9-7-12(15)19-11(9)8-10/h7,10H,5-6,8H2,1-4H3. The lowest BCUT2D eigenvalue weighted by molar-refractivity contribution is 0.0211. The lowest BCUT2D eigenvalue weighted by Crippen LogP contribution is -2.43. The van der Waals surface area contributed by atoms with Crippen LogP contribution in [0.15, 0.2) is 6.07 Å². The molecule has 0 bridgehead atoms. The van der Waals surface area contributed by atoms with Crippen molar-refractivity contribution in [2.45, 2.75) is 51.7 Å². The van der Waals surface area contributed by atoms with Gasteiger partial charge in [0.15, 0.2) is 5.13 Å². The van der Waals surface area contributed by atoms with Crippen molar-refractivity contribution in [3.63, 3.8) is 0 Å². The van der Waals surface area contributed by atoms with Crippen LogP contribution in [0.2, 0.25) is 0 Å². The maximum absolute atomic E-state index is 13.2. The third kappa shape index (κ3) is 3.47. The number of fused-ring (bicyclic) bond motifs is 1. The van der Waals surface area contributed by atoms with Gasteiger partial charge in [0.05, 0.1) is 0 Å². The second-order valence-corrected chi connectivity index (χ2v) is 7.07. The molecule has 1 amide bonds. The average molecular weight is 285 g/mol. The number of ether oxygens (including phenoxy) is 1. The molecule has 2 rings (SSSR count). The molecular formula is C14H20FNO2S. The number of likely N-dealkylation sites (N-methyl/N-ethyl adjacent to an activating group) is 1. The molecule has 5 heteroatoms. The van der Waals surface area contributed by atoms with Crippen LogP contribution in [0, 0.1) is 5.13 Å². The molecule has 0 spiro atoms. The lowest BCUT2D eigenvalue weighted by atomic mass is 9.94. The summed E-state index contributed by atoms with van der Waals surface area (Å²) in [6.45, 7) is 5.56. The van der Waals surface area contributed by atoms with Crippen molar-refractivity contribution in [1.82, 2.24) is 4.90 Å². The van der Waals surface area contributed by atoms with E-state index in [0.29, 0.717) is 0 Å². The number of hydrogen-bond acceptors (Lipinski definition) is 3. The summed E-state index contributed by atoms with van der Waals surface area (Å²) in [5, 5.41) is -0.134. The number of aryl methyl sites for hydroxylation is 1. The Morgan fingerprint density at radius 2 is 2.21 bits per heavy atom. The van der Waals surface area contributed by atoms with Gasteiger partial charge in [0.1, 0.15) is 5.60 Å². The normalized spacial score (nSPS) is 18.9. The zero-order valence-corrected chi connectivity index (χ0v) is 12.6. The largest absolute Gasteiger partial charge is 0.444 e. The molecule has 1 atom stereocenters. The lowest BCUT2D eigenvalue weighted by Gasteiger charge is -2.32. The molecule has 0 aromatic carbocycles. The maximum Gasteiger partial charge on any atom is 0.410 e. The summed E-state index contributed by atoms with van der Waals surface area (Å²) >= 11 is 1.19. The fourth-order valence-corrected chi connectivity index (χ4v) is 3.27. The topological polar surface area (TPSA) is 29.5 Å². The van der Waals surface area contributed by atoms with Gasteiger partial charge in [-0.1, -0.05) is 0 Å². The van der Waals surface area contributed by atoms with E-state index in [1.165, 1.54) is 11.3 Å². The molecule has 1 aliphatic carbocycles. The van der Waals surface area contributed by atoms with Crippen LogP contribution in [-0.2, 0) is 17.6 Å². The third-order valence-corrected chi connectivity index (χ3v) is 4.25. The predicted molar refractivity (Wildman–Crippen MR) is 74.1 cm³/mol. The van der Waals surface area contributed by atoms with E-state index >= 15 is 0 Å². The highest BCUT2D eigenvalue weighted by Crippen LogP contribution is 2.30. The summed E-state index contributed by atoms with van der Waals surface area (Å²) in [5.41, 5.74) is 0.608. The van der Waals surface area contributed by atoms with Gasteiger partial charge in [0.25, 0.3) is 0 Å². The molecule has 19 heavy (non-hydrogen) atoms. The summed E-state index contributed by atoms with van der Waals surface area (Å²) in [4.78, 5) is 14.7. The van der Waals surface area contributed by atoms with E-state index in [2.05, 4.69) is 0 Å². The number of carbonyl (C=O) groups is 1. The quantitative estimate of drug-likeness (QED) is 0.789. The fraction of sp³-hybridized carbons (Fsp3) is 0.643. The second kappa shape index (κ2) is 5.12. The van der Waals surface area contributed by atoms with Gasteiger partial charge in [-0.15, -0.1) is 11.3 Å². The van der Waals surface area contributed by atoms with E-state index in [0.717, 1.165) is 29.7 Å². The Balaban J connectivity index is 2.02. The van der Waals surface area contributed by atoms with Crippen LogP contribution < -0.4 is 0 Å². The van der Waals surface area contributed by atoms with Gasteiger partial charge < -0.3 is 9.64 Å². The van der Waals surface area contributed by atoms with Gasteiger partial charge >= 0.3 is 6.09 Å². The Kier molecular flexibility index (Phi) is 3.85. The first-order chi connectivity index (χ1) is 8.76. The van der Waals surface area contributed by atoms with Crippen LogP contribution >= 0.6 is 11.3 Å². The molecule has 0 aliphatic heterocycles. The average Bonchev–Trinajstić information content (AvgIpc) is 2.64. The molecule has 1 unspecified atom stereocenters. The minimum Gasteiger partial charge on any atom is -0.444 e. The molecule has 0 saturated heterocycles. The smallest absolute Gasteiger partial charge is 0.410 e. The van der Waals surface area contributed by atoms with Crippen molar-refractivity contribution >= 4 is 17.4 Å². The van der Waals surface area contributed by atoms with Crippen molar-refractivity contribution in [2.24, 2.45) is 0 Å². The van der Waals surface area contributed by atoms with Crippen molar-refractivity contribution in [1.29, 1.82) is 0 Å². The minimum absolute atomic E-state index is 0.0976. The third-order valence-electron chi connectivity index (χ3n) is 3.26. The van der Waals surface area contributed by atoms with Crippen molar-refractivity contribution < 1.29 is 13.9 Å². The molecule has 1 aromatic heterocycles. The van der Waals surface area contributed by atoms with Gasteiger partial charge in [-0.05, 0) is 45.2 Å². The molecule has 0 N–H and O–H groups in total. The highest BCUT2D eigenvalue weighted by atomic mass is 32.1. The van der Waals surface area contributed by atoms with Crippen LogP contribution in [0.4, 0.5) is 9.18 Å². The number of rotatable bonds is 1. The Morgan fingerprint density at radius 1 is 1.53 bits per heavy atom. The number of nitrogens with zero attached hydrogens (tertiary/aromatic N) is 1. The van der Waals surface area contributed by atoms with Gasteiger partial charge in [0, 0.05) is 24.4 Å². The van der Waals surface area contributed by atoms with Crippen molar-refractivity contribution in [2.75, 3.05) is 7.05 Å². The molecule has 1 aliphatic rings. The number of thiophene rings is 1. The molecule has 0 fully saturated rings. The molecule has 0 radical (unpaired) electrons. The molecule has 3 nitrogen and oxygen atoms in total. The van der Waals surface area contributed by atoms with Crippen molar-refractivity contribution in [3.8, 4) is 0 Å². The molecule has 1 heterocycles. The van der Waals surface area contributed by atoms with Crippen LogP contribution in [-0.4, -0.2) is 29.7 Å². The summed E-state index contributed by atoms with van der Waals surface area (Å²) in [7, 11) is 1.76. The van der Waals surface area contributed by atoms with Crippen molar-refractivity contribution in [3.05, 3.63) is 21.6 Å². The number of amides is 1. The molecule has 0 saturated carbocycles. The second-order valence-electron chi connectivity index (χ2n) is 5.99. The Labute approximate surface area is 117 Å².